The Bertz CT molecular complexity index is 1440. The van der Waals surface area contributed by atoms with Crippen LogP contribution in [-0.2, 0) is 12.8 Å². The van der Waals surface area contributed by atoms with Crippen LogP contribution in [0.1, 0.15) is 42.0 Å². The van der Waals surface area contributed by atoms with Crippen molar-refractivity contribution >= 4 is 28.9 Å². The highest BCUT2D eigenvalue weighted by molar-refractivity contribution is 6.30. The number of anilines is 1. The molecule has 1 aliphatic heterocycles. The van der Waals surface area contributed by atoms with Gasteiger partial charge in [0.15, 0.2) is 0 Å². The molecule has 0 saturated carbocycles. The first-order valence-corrected chi connectivity index (χ1v) is 12.0. The van der Waals surface area contributed by atoms with Gasteiger partial charge < -0.3 is 9.84 Å². The molecule has 35 heavy (non-hydrogen) atoms. The largest absolute Gasteiger partial charge is 0.334 e. The van der Waals surface area contributed by atoms with Gasteiger partial charge in [-0.2, -0.15) is 4.98 Å². The molecule has 0 saturated heterocycles. The third kappa shape index (κ3) is 3.90. The topological polar surface area (TPSA) is 71.3 Å². The minimum Gasteiger partial charge on any atom is -0.334 e. The molecule has 3 aromatic carbocycles. The van der Waals surface area contributed by atoms with Crippen molar-refractivity contribution in [3.63, 3.8) is 0 Å². The predicted molar refractivity (Wildman–Crippen MR) is 136 cm³/mol. The Balaban J connectivity index is 1.48. The maximum Gasteiger partial charge on any atom is 0.326 e. The van der Waals surface area contributed by atoms with E-state index in [0.717, 1.165) is 47.3 Å². The van der Waals surface area contributed by atoms with Crippen LogP contribution in [0.25, 0.3) is 17.0 Å². The van der Waals surface area contributed by atoms with Crippen LogP contribution in [0, 0.1) is 0 Å². The lowest BCUT2D eigenvalue weighted by Gasteiger charge is -2.35. The number of rotatable bonds is 4. The molecule has 2 amide bonds. The van der Waals surface area contributed by atoms with Crippen molar-refractivity contribution in [1.29, 1.82) is 0 Å². The zero-order chi connectivity index (χ0) is 23.9. The van der Waals surface area contributed by atoms with Crippen LogP contribution in [0.3, 0.4) is 0 Å². The molecule has 1 aromatic heterocycles. The lowest BCUT2D eigenvalue weighted by molar-refractivity contribution is 0.244. The van der Waals surface area contributed by atoms with E-state index in [0.29, 0.717) is 16.7 Å². The Morgan fingerprint density at radius 2 is 1.77 bits per heavy atom. The molecule has 1 unspecified atom stereocenters. The third-order valence-electron chi connectivity index (χ3n) is 6.72. The Kier molecular flexibility index (Phi) is 5.38. The standard InChI is InChI=1S/C28H23ClN4O2/c1-17-24(27-31-26(32-35-27)20-10-13-22(29)14-11-20)25(19-6-3-2-4-7-19)30-28(34)33(17)23-15-12-18-8-5-9-21(18)16-23/h2-4,6-7,10-16,25H,5,8-9H2,1H3,(H,30,34). The van der Waals surface area contributed by atoms with Crippen LogP contribution in [0.2, 0.25) is 5.02 Å². The number of aromatic nitrogens is 2. The second-order valence-electron chi connectivity index (χ2n) is 8.86. The van der Waals surface area contributed by atoms with Crippen molar-refractivity contribution in [2.24, 2.45) is 0 Å². The molecule has 0 bridgehead atoms. The Morgan fingerprint density at radius 1 is 1.00 bits per heavy atom. The second kappa shape index (κ2) is 8.71. The number of carbonyl (C=O) groups is 1. The number of halogens is 1. The third-order valence-corrected chi connectivity index (χ3v) is 6.97. The molecule has 0 fully saturated rings. The van der Waals surface area contributed by atoms with Crippen molar-refractivity contribution in [2.45, 2.75) is 32.2 Å². The molecule has 174 valence electrons. The number of aryl methyl sites for hydroxylation is 2. The van der Waals surface area contributed by atoms with E-state index in [4.69, 9.17) is 21.1 Å². The van der Waals surface area contributed by atoms with Crippen LogP contribution in [0.4, 0.5) is 10.5 Å². The Labute approximate surface area is 208 Å². The zero-order valence-corrected chi connectivity index (χ0v) is 19.9. The van der Waals surface area contributed by atoms with Gasteiger partial charge in [0.1, 0.15) is 0 Å². The van der Waals surface area contributed by atoms with Gasteiger partial charge in [-0.05, 0) is 79.3 Å². The van der Waals surface area contributed by atoms with Gasteiger partial charge in [-0.25, -0.2) is 4.79 Å². The number of carbonyl (C=O) groups excluding carboxylic acids is 1. The van der Waals surface area contributed by atoms with E-state index in [-0.39, 0.29) is 6.03 Å². The summed E-state index contributed by atoms with van der Waals surface area (Å²) in [6, 6.07) is 22.8. The van der Waals surface area contributed by atoms with E-state index >= 15 is 0 Å². The molecule has 6 nitrogen and oxygen atoms in total. The first-order chi connectivity index (χ1) is 17.1. The predicted octanol–water partition coefficient (Wildman–Crippen LogP) is 6.58. The lowest BCUT2D eigenvalue weighted by atomic mass is 9.94. The fraction of sp³-hybridized carbons (Fsp3) is 0.179. The smallest absolute Gasteiger partial charge is 0.326 e. The van der Waals surface area contributed by atoms with Gasteiger partial charge in [-0.3, -0.25) is 4.90 Å². The van der Waals surface area contributed by atoms with Gasteiger partial charge in [-0.15, -0.1) is 0 Å². The second-order valence-corrected chi connectivity index (χ2v) is 9.30. The number of hydrogen-bond donors (Lipinski definition) is 1. The highest BCUT2D eigenvalue weighted by atomic mass is 35.5. The van der Waals surface area contributed by atoms with Crippen molar-refractivity contribution in [2.75, 3.05) is 4.90 Å². The number of urea groups is 1. The van der Waals surface area contributed by atoms with E-state index in [2.05, 4.69) is 22.6 Å². The van der Waals surface area contributed by atoms with Crippen LogP contribution in [0.5, 0.6) is 0 Å². The first kappa shape index (κ1) is 21.6. The number of amides is 2. The van der Waals surface area contributed by atoms with Crippen LogP contribution in [-0.4, -0.2) is 16.2 Å². The Morgan fingerprint density at radius 3 is 2.57 bits per heavy atom. The van der Waals surface area contributed by atoms with Crippen LogP contribution >= 0.6 is 11.6 Å². The number of nitrogens with one attached hydrogen (secondary N) is 1. The summed E-state index contributed by atoms with van der Waals surface area (Å²) in [7, 11) is 0. The van der Waals surface area contributed by atoms with E-state index in [1.165, 1.54) is 11.1 Å². The number of hydrogen-bond acceptors (Lipinski definition) is 4. The van der Waals surface area contributed by atoms with Gasteiger partial charge >= 0.3 is 6.03 Å². The normalized spacial score (nSPS) is 17.5. The summed E-state index contributed by atoms with van der Waals surface area (Å²) in [4.78, 5) is 19.8. The molecule has 2 aliphatic rings. The maximum atomic E-state index is 13.4. The molecule has 1 aliphatic carbocycles. The van der Waals surface area contributed by atoms with Crippen LogP contribution in [0.15, 0.2) is 83.0 Å². The number of nitrogens with zero attached hydrogens (tertiary/aromatic N) is 3. The minimum absolute atomic E-state index is 0.185. The molecule has 0 spiro atoms. The fourth-order valence-electron chi connectivity index (χ4n) is 4.97. The summed E-state index contributed by atoms with van der Waals surface area (Å²) < 4.78 is 5.77. The average Bonchev–Trinajstić information content (AvgIpc) is 3.54. The Hall–Kier alpha value is -3.90. The monoisotopic (exact) mass is 482 g/mol. The highest BCUT2D eigenvalue weighted by Gasteiger charge is 2.36. The SMILES string of the molecule is CC1=C(c2nc(-c3ccc(Cl)cc3)no2)C(c2ccccc2)NC(=O)N1c1ccc2c(c1)CCC2. The van der Waals surface area contributed by atoms with Gasteiger partial charge in [0.05, 0.1) is 17.3 Å². The van der Waals surface area contributed by atoms with E-state index in [1.54, 1.807) is 17.0 Å². The zero-order valence-electron chi connectivity index (χ0n) is 19.2. The summed E-state index contributed by atoms with van der Waals surface area (Å²) in [5.41, 5.74) is 6.76. The van der Waals surface area contributed by atoms with Crippen molar-refractivity contribution in [3.8, 4) is 11.4 Å². The van der Waals surface area contributed by atoms with E-state index < -0.39 is 6.04 Å². The fourth-order valence-corrected chi connectivity index (χ4v) is 5.10. The summed E-state index contributed by atoms with van der Waals surface area (Å²) in [6.45, 7) is 1.93. The van der Waals surface area contributed by atoms with E-state index in [1.807, 2.05) is 55.5 Å². The van der Waals surface area contributed by atoms with Crippen molar-refractivity contribution < 1.29 is 9.32 Å². The number of allylic oxidation sites excluding steroid dienone is 1. The van der Waals surface area contributed by atoms with Gasteiger partial charge in [0.25, 0.3) is 5.89 Å². The molecule has 2 heterocycles. The summed E-state index contributed by atoms with van der Waals surface area (Å²) in [5, 5.41) is 8.03. The molecule has 4 aromatic rings. The highest BCUT2D eigenvalue weighted by Crippen LogP contribution is 2.40. The maximum absolute atomic E-state index is 13.4. The van der Waals surface area contributed by atoms with Crippen LogP contribution < -0.4 is 10.2 Å². The first-order valence-electron chi connectivity index (χ1n) is 11.7. The average molecular weight is 483 g/mol. The summed E-state index contributed by atoms with van der Waals surface area (Å²) >= 11 is 6.04. The minimum atomic E-state index is -0.423. The van der Waals surface area contributed by atoms with E-state index in [9.17, 15) is 4.79 Å². The number of benzene rings is 3. The van der Waals surface area contributed by atoms with Crippen molar-refractivity contribution in [3.05, 3.63) is 106 Å². The van der Waals surface area contributed by atoms with Crippen molar-refractivity contribution in [1.82, 2.24) is 15.5 Å². The molecule has 6 rings (SSSR count). The quantitative estimate of drug-likeness (QED) is 0.356. The summed E-state index contributed by atoms with van der Waals surface area (Å²) in [5.74, 6) is 0.831. The van der Waals surface area contributed by atoms with Gasteiger partial charge in [0.2, 0.25) is 5.82 Å². The molecule has 1 N–H and O–H groups in total. The molecular formula is C28H23ClN4O2. The summed E-state index contributed by atoms with van der Waals surface area (Å²) in [6.07, 6.45) is 3.28. The molecule has 1 atom stereocenters. The number of fused-ring (bicyclic) bond motifs is 1. The van der Waals surface area contributed by atoms with Gasteiger partial charge in [-0.1, -0.05) is 53.2 Å². The van der Waals surface area contributed by atoms with Gasteiger partial charge in [0, 0.05) is 16.3 Å². The lowest BCUT2D eigenvalue weighted by Crippen LogP contribution is -2.46. The molecule has 7 heteroatoms. The molecule has 0 radical (unpaired) electrons. The molecular weight excluding hydrogens is 460 g/mol.